The van der Waals surface area contributed by atoms with Crippen LogP contribution in [0.1, 0.15) is 29.4 Å². The second-order valence-electron chi connectivity index (χ2n) is 8.28. The monoisotopic (exact) mass is 523 g/mol. The molecule has 1 unspecified atom stereocenters. The van der Waals surface area contributed by atoms with E-state index in [0.29, 0.717) is 29.2 Å². The Kier molecular flexibility index (Phi) is 7.77. The van der Waals surface area contributed by atoms with Crippen molar-refractivity contribution < 1.29 is 28.3 Å². The number of carbonyl (C=O) groups is 3. The van der Waals surface area contributed by atoms with Crippen LogP contribution >= 0.6 is 12.2 Å². The molecule has 2 N–H and O–H groups in total. The maximum absolute atomic E-state index is 13.2. The van der Waals surface area contributed by atoms with Gasteiger partial charge in [-0.2, -0.15) is 0 Å². The summed E-state index contributed by atoms with van der Waals surface area (Å²) in [6, 6.07) is 14.7. The average Bonchev–Trinajstić information content (AvgIpc) is 3.35. The van der Waals surface area contributed by atoms with Crippen molar-refractivity contribution in [3.63, 3.8) is 0 Å². The first kappa shape index (κ1) is 25.8. The molecule has 0 radical (unpaired) electrons. The van der Waals surface area contributed by atoms with Gasteiger partial charge in [-0.25, -0.2) is 0 Å². The summed E-state index contributed by atoms with van der Waals surface area (Å²) >= 11 is 5.59. The highest BCUT2D eigenvalue weighted by Crippen LogP contribution is 2.25. The largest absolute Gasteiger partial charge is 0.497 e. The molecular weight excluding hydrogens is 496 g/mol. The van der Waals surface area contributed by atoms with E-state index >= 15 is 0 Å². The van der Waals surface area contributed by atoms with E-state index in [-0.39, 0.29) is 41.7 Å². The van der Waals surface area contributed by atoms with Crippen molar-refractivity contribution in [2.75, 3.05) is 24.3 Å². The number of aromatic nitrogens is 2. The maximum atomic E-state index is 13.2. The predicted molar refractivity (Wildman–Crippen MR) is 138 cm³/mol. The summed E-state index contributed by atoms with van der Waals surface area (Å²) < 4.78 is 11.9. The normalized spacial score (nSPS) is 15.2. The van der Waals surface area contributed by atoms with Crippen molar-refractivity contribution >= 4 is 46.6 Å². The van der Waals surface area contributed by atoms with E-state index in [0.717, 1.165) is 0 Å². The van der Waals surface area contributed by atoms with Crippen LogP contribution in [0.5, 0.6) is 5.75 Å². The summed E-state index contributed by atoms with van der Waals surface area (Å²) in [6.07, 6.45) is -0.123. The smallest absolute Gasteiger partial charge is 0.307 e. The Morgan fingerprint density at radius 3 is 2.49 bits per heavy atom. The molecule has 0 spiro atoms. The number of benzene rings is 2. The van der Waals surface area contributed by atoms with Crippen LogP contribution in [0, 0.1) is 0 Å². The molecule has 192 valence electrons. The molecule has 12 heteroatoms. The van der Waals surface area contributed by atoms with Crippen molar-refractivity contribution in [2.24, 2.45) is 7.05 Å². The molecule has 0 bridgehead atoms. The highest BCUT2D eigenvalue weighted by atomic mass is 32.1. The first-order valence-electron chi connectivity index (χ1n) is 11.6. The number of nitrogens with zero attached hydrogens (tertiary/aromatic N) is 4. The van der Waals surface area contributed by atoms with Gasteiger partial charge in [0.2, 0.25) is 11.2 Å². The van der Waals surface area contributed by atoms with Crippen molar-refractivity contribution in [1.29, 1.82) is 0 Å². The first-order valence-corrected chi connectivity index (χ1v) is 12.0. The minimum absolute atomic E-state index is 0.0892. The molecule has 11 nitrogen and oxygen atoms in total. The third-order valence-corrected chi connectivity index (χ3v) is 6.42. The van der Waals surface area contributed by atoms with Crippen LogP contribution in [-0.4, -0.2) is 57.6 Å². The zero-order valence-electron chi connectivity index (χ0n) is 20.6. The van der Waals surface area contributed by atoms with Gasteiger partial charge in [-0.3, -0.25) is 29.1 Å². The lowest BCUT2D eigenvalue weighted by atomic mass is 10.1. The van der Waals surface area contributed by atoms with Gasteiger partial charge in [0.15, 0.2) is 12.2 Å². The summed E-state index contributed by atoms with van der Waals surface area (Å²) in [4.78, 5) is 41.8. The van der Waals surface area contributed by atoms with E-state index in [1.165, 1.54) is 9.58 Å². The Morgan fingerprint density at radius 1 is 1.14 bits per heavy atom. The zero-order chi connectivity index (χ0) is 26.5. The second-order valence-corrected chi connectivity index (χ2v) is 8.65. The van der Waals surface area contributed by atoms with Gasteiger partial charge in [-0.15, -0.1) is 0 Å². The molecule has 2 aromatic carbocycles. The highest BCUT2D eigenvalue weighted by molar-refractivity contribution is 7.80. The molecule has 4 rings (SSSR count). The number of carbonyl (C=O) groups excluding carboxylic acids is 3. The zero-order valence-corrected chi connectivity index (χ0v) is 21.4. The Bertz CT molecular complexity index is 1310. The van der Waals surface area contributed by atoms with E-state index in [4.69, 9.17) is 21.5 Å². The number of likely N-dealkylation sites (N-methyl/N-ethyl adjacent to an activating group) is 1. The van der Waals surface area contributed by atoms with Gasteiger partial charge in [0.05, 0.1) is 13.5 Å². The molecule has 1 aromatic heterocycles. The molecule has 3 amide bonds. The molecule has 0 saturated carbocycles. The van der Waals surface area contributed by atoms with E-state index in [1.54, 1.807) is 67.6 Å². The Balaban J connectivity index is 1.53. The number of amides is 3. The summed E-state index contributed by atoms with van der Waals surface area (Å²) in [6.45, 7) is 2.26. The van der Waals surface area contributed by atoms with E-state index in [2.05, 4.69) is 15.9 Å². The number of hydrogen-bond acceptors (Lipinski definition) is 7. The molecule has 0 aliphatic carbocycles. The van der Waals surface area contributed by atoms with Gasteiger partial charge < -0.3 is 15.0 Å². The van der Waals surface area contributed by atoms with E-state index in [9.17, 15) is 14.4 Å². The molecule has 37 heavy (non-hydrogen) atoms. The van der Waals surface area contributed by atoms with Gasteiger partial charge >= 0.3 is 5.88 Å². The molecule has 1 aliphatic rings. The minimum atomic E-state index is -0.835. The maximum Gasteiger partial charge on any atom is 0.307 e. The van der Waals surface area contributed by atoms with Crippen LogP contribution in [0.25, 0.3) is 0 Å². The quantitative estimate of drug-likeness (QED) is 0.323. The molecule has 1 aliphatic heterocycles. The Hall–Kier alpha value is -4.32. The van der Waals surface area contributed by atoms with Gasteiger partial charge in [0, 0.05) is 17.8 Å². The molecule has 2 heterocycles. The van der Waals surface area contributed by atoms with Crippen LogP contribution in [0.3, 0.4) is 0 Å². The van der Waals surface area contributed by atoms with Crippen LogP contribution in [0.2, 0.25) is 0 Å². The van der Waals surface area contributed by atoms with Gasteiger partial charge in [-0.1, -0.05) is 18.2 Å². The topological polar surface area (TPSA) is 121 Å². The van der Waals surface area contributed by atoms with Crippen LogP contribution in [0.4, 0.5) is 11.6 Å². The molecule has 3 aromatic rings. The summed E-state index contributed by atoms with van der Waals surface area (Å²) in [5, 5.41) is 9.73. The van der Waals surface area contributed by atoms with Crippen LogP contribution < -0.4 is 20.1 Å². The van der Waals surface area contributed by atoms with Crippen LogP contribution in [0.15, 0.2) is 59.1 Å². The fraction of sp³-hybridized carbons (Fsp3) is 0.280. The van der Waals surface area contributed by atoms with Crippen molar-refractivity contribution in [2.45, 2.75) is 25.9 Å². The molecular formula is C25H27N6O5S+. The van der Waals surface area contributed by atoms with E-state index < -0.39 is 6.04 Å². The fourth-order valence-corrected chi connectivity index (χ4v) is 4.38. The standard InChI is InChI=1S/C25H26N6O5S/c1-4-30-24(34)19(14-21(32)26-17-10-12-18(35-3)13-11-17)31(25(30)37)15-20-23(36-28-29(20)2)27-22(33)16-8-6-5-7-9-16/h5-13,19H,4,14-15H2,1-3H3,(H-,26,27,28,32,33)/p+1. The lowest BCUT2D eigenvalue weighted by molar-refractivity contribution is -0.746. The van der Waals surface area contributed by atoms with Crippen LogP contribution in [-0.2, 0) is 23.2 Å². The fourth-order valence-electron chi connectivity index (χ4n) is 3.97. The Labute approximate surface area is 218 Å². The predicted octanol–water partition coefficient (Wildman–Crippen LogP) is 2.11. The molecule has 1 fully saturated rings. The number of hydrogen-bond donors (Lipinski definition) is 2. The molecule has 1 saturated heterocycles. The average molecular weight is 524 g/mol. The van der Waals surface area contributed by atoms with Gasteiger partial charge in [0.25, 0.3) is 17.5 Å². The van der Waals surface area contributed by atoms with Crippen molar-refractivity contribution in [3.05, 3.63) is 65.9 Å². The first-order chi connectivity index (χ1) is 17.8. The van der Waals surface area contributed by atoms with Gasteiger partial charge in [0.1, 0.15) is 18.3 Å². The van der Waals surface area contributed by atoms with Gasteiger partial charge in [-0.05, 0) is 60.2 Å². The summed E-state index contributed by atoms with van der Waals surface area (Å²) in [5.74, 6) is -0.198. The summed E-state index contributed by atoms with van der Waals surface area (Å²) in [5.41, 5.74) is 1.51. The number of rotatable bonds is 9. The molecule has 1 atom stereocenters. The number of thiocarbonyl (C=S) groups is 1. The number of ether oxygens (including phenoxy) is 1. The third kappa shape index (κ3) is 5.59. The Morgan fingerprint density at radius 2 is 1.84 bits per heavy atom. The van der Waals surface area contributed by atoms with Crippen molar-refractivity contribution in [3.8, 4) is 5.75 Å². The number of anilines is 2. The SMILES string of the molecule is CCN1C(=O)C(CC(=O)Nc2ccc(OC)cc2)N(Cc2c(NC(=O)c3ccccc3)on[n+]2C)C1=S. The van der Waals surface area contributed by atoms with E-state index in [1.807, 2.05) is 13.0 Å². The number of methoxy groups -OCH3 is 1. The minimum Gasteiger partial charge on any atom is -0.497 e. The number of aryl methyl sites for hydroxylation is 1. The second kappa shape index (κ2) is 11.2. The van der Waals surface area contributed by atoms with Crippen molar-refractivity contribution in [1.82, 2.24) is 15.1 Å². The lowest BCUT2D eigenvalue weighted by Gasteiger charge is -2.21. The lowest BCUT2D eigenvalue weighted by Crippen LogP contribution is -2.43. The summed E-state index contributed by atoms with van der Waals surface area (Å²) in [7, 11) is 3.21. The highest BCUT2D eigenvalue weighted by Gasteiger charge is 2.44. The number of nitrogens with one attached hydrogen (secondary N) is 2. The third-order valence-electron chi connectivity index (χ3n) is 5.96.